The van der Waals surface area contributed by atoms with Crippen LogP contribution in [0.4, 0.5) is 0 Å². The Morgan fingerprint density at radius 3 is 2.17 bits per heavy atom. The van der Waals surface area contributed by atoms with E-state index in [1.54, 1.807) is 11.3 Å². The average molecular weight is 311 g/mol. The summed E-state index contributed by atoms with van der Waals surface area (Å²) in [6.07, 6.45) is 0. The second-order valence-corrected chi connectivity index (χ2v) is 6.82. The maximum atomic E-state index is 4.90. The quantitative estimate of drug-likeness (QED) is 0.332. The number of rotatable bonds is 1. The monoisotopic (exact) mass is 311 g/mol. The van der Waals surface area contributed by atoms with E-state index in [2.05, 4.69) is 78.9 Å². The van der Waals surface area contributed by atoms with Crippen LogP contribution >= 0.6 is 11.3 Å². The Hall–Kier alpha value is -2.71. The van der Waals surface area contributed by atoms with Crippen molar-refractivity contribution in [2.45, 2.75) is 0 Å². The van der Waals surface area contributed by atoms with E-state index in [0.29, 0.717) is 0 Å². The van der Waals surface area contributed by atoms with Gasteiger partial charge in [-0.3, -0.25) is 0 Å². The summed E-state index contributed by atoms with van der Waals surface area (Å²) < 4.78 is 1.31. The number of hydrogen-bond acceptors (Lipinski definition) is 2. The average Bonchev–Trinajstić information content (AvgIpc) is 3.03. The number of benzene rings is 3. The first-order chi connectivity index (χ1) is 11.4. The fourth-order valence-corrected chi connectivity index (χ4v) is 4.09. The molecule has 1 nitrogen and oxygen atoms in total. The molecule has 3 aromatic carbocycles. The van der Waals surface area contributed by atoms with Crippen LogP contribution in [0.5, 0.6) is 0 Å². The Balaban J connectivity index is 1.73. The van der Waals surface area contributed by atoms with E-state index in [4.69, 9.17) is 4.98 Å². The summed E-state index contributed by atoms with van der Waals surface area (Å²) in [4.78, 5) is 6.12. The molecular weight excluding hydrogens is 298 g/mol. The normalized spacial score (nSPS) is 11.5. The predicted octanol–water partition coefficient (Wildman–Crippen LogP) is 6.27. The zero-order valence-corrected chi connectivity index (χ0v) is 13.2. The molecule has 0 unspecified atom stereocenters. The summed E-state index contributed by atoms with van der Waals surface area (Å²) in [5.74, 6) is 0. The largest absolute Gasteiger partial charge is 0.247 e. The van der Waals surface area contributed by atoms with Crippen molar-refractivity contribution in [2.75, 3.05) is 0 Å². The molecule has 0 bridgehead atoms. The second kappa shape index (κ2) is 4.90. The van der Waals surface area contributed by atoms with Crippen molar-refractivity contribution in [3.63, 3.8) is 0 Å². The van der Waals surface area contributed by atoms with Gasteiger partial charge in [0.05, 0.1) is 16.1 Å². The van der Waals surface area contributed by atoms with Crippen LogP contribution in [0.2, 0.25) is 0 Å². The van der Waals surface area contributed by atoms with Gasteiger partial charge in [0.2, 0.25) is 0 Å². The minimum Gasteiger partial charge on any atom is -0.247 e. The minimum absolute atomic E-state index is 1.05. The molecule has 0 saturated heterocycles. The number of nitrogens with zero attached hydrogens (tertiary/aromatic N) is 1. The lowest BCUT2D eigenvalue weighted by atomic mass is 10.1. The van der Waals surface area contributed by atoms with Crippen LogP contribution in [0.1, 0.15) is 0 Å². The molecule has 2 aromatic heterocycles. The van der Waals surface area contributed by atoms with Crippen molar-refractivity contribution in [2.24, 2.45) is 0 Å². The van der Waals surface area contributed by atoms with Crippen molar-refractivity contribution >= 4 is 43.1 Å². The van der Waals surface area contributed by atoms with E-state index in [1.165, 1.54) is 31.1 Å². The van der Waals surface area contributed by atoms with Crippen LogP contribution in [-0.4, -0.2) is 4.98 Å². The van der Waals surface area contributed by atoms with Crippen LogP contribution in [0.3, 0.4) is 0 Å². The molecule has 0 fully saturated rings. The fourth-order valence-electron chi connectivity index (χ4n) is 3.06. The van der Waals surface area contributed by atoms with Gasteiger partial charge in [-0.25, -0.2) is 4.98 Å². The summed E-state index contributed by atoms with van der Waals surface area (Å²) in [5, 5.41) is 4.97. The van der Waals surface area contributed by atoms with Crippen LogP contribution in [-0.2, 0) is 0 Å². The highest BCUT2D eigenvalue weighted by Crippen LogP contribution is 2.33. The Labute approximate surface area is 137 Å². The highest BCUT2D eigenvalue weighted by Gasteiger charge is 2.07. The number of fused-ring (bicyclic) bond motifs is 3. The Bertz CT molecular complexity index is 1140. The lowest BCUT2D eigenvalue weighted by Crippen LogP contribution is -1.83. The molecular formula is C21H13NS. The van der Waals surface area contributed by atoms with E-state index < -0.39 is 0 Å². The number of thiophene rings is 1. The number of aromatic nitrogens is 1. The minimum atomic E-state index is 1.05. The Morgan fingerprint density at radius 2 is 1.35 bits per heavy atom. The molecule has 0 N–H and O–H groups in total. The Morgan fingerprint density at radius 1 is 0.609 bits per heavy atom. The zero-order valence-electron chi connectivity index (χ0n) is 12.4. The molecule has 5 rings (SSSR count). The first kappa shape index (κ1) is 12.8. The van der Waals surface area contributed by atoms with Gasteiger partial charge in [-0.1, -0.05) is 48.5 Å². The highest BCUT2D eigenvalue weighted by molar-refractivity contribution is 7.22. The maximum absolute atomic E-state index is 4.90. The van der Waals surface area contributed by atoms with Crippen molar-refractivity contribution in [1.82, 2.24) is 4.98 Å². The van der Waals surface area contributed by atoms with Gasteiger partial charge in [-0.05, 0) is 46.5 Å². The number of pyridine rings is 1. The van der Waals surface area contributed by atoms with Crippen LogP contribution < -0.4 is 0 Å². The molecule has 5 aromatic rings. The topological polar surface area (TPSA) is 12.9 Å². The van der Waals surface area contributed by atoms with Gasteiger partial charge in [-0.15, -0.1) is 11.3 Å². The summed E-state index contributed by atoms with van der Waals surface area (Å²) in [7, 11) is 0. The fraction of sp³-hybridized carbons (Fsp3) is 0. The van der Waals surface area contributed by atoms with Gasteiger partial charge in [0.25, 0.3) is 0 Å². The lowest BCUT2D eigenvalue weighted by Gasteiger charge is -2.03. The van der Waals surface area contributed by atoms with E-state index >= 15 is 0 Å². The summed E-state index contributed by atoms with van der Waals surface area (Å²) in [6.45, 7) is 0. The molecule has 0 amide bonds. The van der Waals surface area contributed by atoms with Crippen molar-refractivity contribution < 1.29 is 0 Å². The molecule has 0 aliphatic heterocycles. The molecule has 2 heteroatoms. The Kier molecular flexibility index (Phi) is 2.73. The van der Waals surface area contributed by atoms with Gasteiger partial charge in [0, 0.05) is 10.1 Å². The standard InChI is InChI=1S/C21H13NS/c1-2-6-15-12-19-16(11-14(15)5-1)9-10-18(22-19)21-13-17-7-3-4-8-20(17)23-21/h1-13H. The van der Waals surface area contributed by atoms with E-state index in [1.807, 2.05) is 0 Å². The molecule has 0 spiro atoms. The van der Waals surface area contributed by atoms with Crippen molar-refractivity contribution in [3.05, 3.63) is 78.9 Å². The third-order valence-electron chi connectivity index (χ3n) is 4.23. The first-order valence-corrected chi connectivity index (χ1v) is 8.47. The molecule has 2 heterocycles. The molecule has 108 valence electrons. The summed E-state index contributed by atoms with van der Waals surface area (Å²) in [5.41, 5.74) is 2.10. The van der Waals surface area contributed by atoms with Gasteiger partial charge >= 0.3 is 0 Å². The van der Waals surface area contributed by atoms with Crippen LogP contribution in [0, 0.1) is 0 Å². The first-order valence-electron chi connectivity index (χ1n) is 7.65. The molecule has 0 radical (unpaired) electrons. The molecule has 0 aliphatic carbocycles. The van der Waals surface area contributed by atoms with E-state index in [-0.39, 0.29) is 0 Å². The van der Waals surface area contributed by atoms with Gasteiger partial charge in [0.1, 0.15) is 0 Å². The SMILES string of the molecule is c1ccc2cc3nc(-c4cc5ccccc5s4)ccc3cc2c1. The van der Waals surface area contributed by atoms with Gasteiger partial charge < -0.3 is 0 Å². The van der Waals surface area contributed by atoms with Crippen LogP contribution in [0.25, 0.3) is 42.3 Å². The predicted molar refractivity (Wildman–Crippen MR) is 100 cm³/mol. The van der Waals surface area contributed by atoms with Crippen molar-refractivity contribution in [3.8, 4) is 10.6 Å². The van der Waals surface area contributed by atoms with E-state index in [9.17, 15) is 0 Å². The van der Waals surface area contributed by atoms with Crippen LogP contribution in [0.15, 0.2) is 78.9 Å². The van der Waals surface area contributed by atoms with E-state index in [0.717, 1.165) is 11.2 Å². The third kappa shape index (κ3) is 2.11. The zero-order chi connectivity index (χ0) is 15.2. The molecule has 0 saturated carbocycles. The smallest absolute Gasteiger partial charge is 0.0809 e. The lowest BCUT2D eigenvalue weighted by molar-refractivity contribution is 1.43. The molecule has 23 heavy (non-hydrogen) atoms. The molecule has 0 atom stereocenters. The highest BCUT2D eigenvalue weighted by atomic mass is 32.1. The molecule has 0 aliphatic rings. The number of hydrogen-bond donors (Lipinski definition) is 0. The van der Waals surface area contributed by atoms with Gasteiger partial charge in [0.15, 0.2) is 0 Å². The van der Waals surface area contributed by atoms with Gasteiger partial charge in [-0.2, -0.15) is 0 Å². The second-order valence-electron chi connectivity index (χ2n) is 5.74. The summed E-state index contributed by atoms with van der Waals surface area (Å²) >= 11 is 1.80. The maximum Gasteiger partial charge on any atom is 0.0809 e. The third-order valence-corrected chi connectivity index (χ3v) is 5.37. The van der Waals surface area contributed by atoms with Crippen molar-refractivity contribution in [1.29, 1.82) is 0 Å². The summed E-state index contributed by atoms with van der Waals surface area (Å²) in [6, 6.07) is 27.9.